The lowest BCUT2D eigenvalue weighted by Gasteiger charge is -2.44. The topological polar surface area (TPSA) is 6.48 Å². The van der Waals surface area contributed by atoms with E-state index in [0.717, 1.165) is 5.92 Å². The van der Waals surface area contributed by atoms with Crippen LogP contribution in [0.3, 0.4) is 0 Å². The van der Waals surface area contributed by atoms with E-state index in [4.69, 9.17) is 0 Å². The number of anilines is 1. The minimum atomic E-state index is 0.274. The van der Waals surface area contributed by atoms with E-state index in [1.807, 2.05) is 0 Å². The third-order valence-corrected chi connectivity index (χ3v) is 8.40. The maximum atomic E-state index is 2.94. The monoisotopic (exact) mass is 428 g/mol. The lowest BCUT2D eigenvalue weighted by Crippen LogP contribution is -2.42. The van der Waals surface area contributed by atoms with Crippen LogP contribution in [0.1, 0.15) is 93.1 Å². The van der Waals surface area contributed by atoms with E-state index in [1.165, 1.54) is 91.4 Å². The van der Waals surface area contributed by atoms with Gasteiger partial charge in [-0.05, 0) is 76.1 Å². The molecule has 170 valence electrons. The Bertz CT molecular complexity index is 971. The predicted octanol–water partition coefficient (Wildman–Crippen LogP) is 8.19. The highest BCUT2D eigenvalue weighted by Gasteiger charge is 2.45. The summed E-state index contributed by atoms with van der Waals surface area (Å²) in [4.78, 5) is 5.65. The summed E-state index contributed by atoms with van der Waals surface area (Å²) in [7, 11) is 0. The van der Waals surface area contributed by atoms with Crippen LogP contribution in [0.2, 0.25) is 0 Å². The van der Waals surface area contributed by atoms with Crippen molar-refractivity contribution in [3.05, 3.63) is 76.1 Å². The highest BCUT2D eigenvalue weighted by Crippen LogP contribution is 2.52. The molecule has 2 heteroatoms. The largest absolute Gasteiger partial charge is 0.346 e. The molecule has 2 nitrogen and oxygen atoms in total. The summed E-state index contributed by atoms with van der Waals surface area (Å²) >= 11 is 0. The molecule has 5 rings (SSSR count). The molecule has 2 aromatic rings. The van der Waals surface area contributed by atoms with Gasteiger partial charge >= 0.3 is 0 Å². The fourth-order valence-corrected chi connectivity index (χ4v) is 6.86. The third-order valence-electron chi connectivity index (χ3n) is 8.40. The third kappa shape index (κ3) is 3.66. The van der Waals surface area contributed by atoms with Gasteiger partial charge < -0.3 is 9.80 Å². The number of benzene rings is 2. The summed E-state index contributed by atoms with van der Waals surface area (Å²) in [5.74, 6) is 0.720. The van der Waals surface area contributed by atoms with Gasteiger partial charge in [-0.3, -0.25) is 0 Å². The van der Waals surface area contributed by atoms with Gasteiger partial charge in [0.05, 0.1) is 0 Å². The highest BCUT2D eigenvalue weighted by molar-refractivity contribution is 5.63. The summed E-state index contributed by atoms with van der Waals surface area (Å²) in [5, 5.41) is 0. The van der Waals surface area contributed by atoms with Gasteiger partial charge in [0.2, 0.25) is 0 Å². The summed E-state index contributed by atoms with van der Waals surface area (Å²) in [6.07, 6.45) is 12.6. The van der Waals surface area contributed by atoms with Gasteiger partial charge in [-0.2, -0.15) is 0 Å². The molecule has 0 saturated heterocycles. The minimum Gasteiger partial charge on any atom is -0.346 e. The SMILES string of the molecule is CC1=C(C2CCCC2)N(C2CCCCC2)C(c2c(C)cccc2C)N1c1ccccc1C. The van der Waals surface area contributed by atoms with Gasteiger partial charge in [-0.1, -0.05) is 68.5 Å². The summed E-state index contributed by atoms with van der Waals surface area (Å²) < 4.78 is 0. The standard InChI is InChI=1S/C30H40N2/c1-21-13-8-11-20-27(21)31-24(4)29(25-16-9-10-17-25)32(26-18-6-5-7-19-26)30(31)28-22(2)14-12-15-23(28)3/h8,11-15,20,25-26,30H,5-7,9-10,16-19H2,1-4H3. The molecule has 0 amide bonds. The van der Waals surface area contributed by atoms with Crippen LogP contribution in [0, 0.1) is 26.7 Å². The average Bonchev–Trinajstić information content (AvgIpc) is 3.41. The van der Waals surface area contributed by atoms with Gasteiger partial charge in [-0.25, -0.2) is 0 Å². The molecule has 0 N–H and O–H groups in total. The minimum absolute atomic E-state index is 0.274. The molecule has 1 aliphatic heterocycles. The van der Waals surface area contributed by atoms with Gasteiger partial charge in [-0.15, -0.1) is 0 Å². The first-order valence-electron chi connectivity index (χ1n) is 13.0. The Morgan fingerprint density at radius 2 is 1.25 bits per heavy atom. The average molecular weight is 429 g/mol. The zero-order valence-corrected chi connectivity index (χ0v) is 20.5. The van der Waals surface area contributed by atoms with Crippen molar-refractivity contribution in [1.82, 2.24) is 4.90 Å². The number of nitrogens with zero attached hydrogens (tertiary/aromatic N) is 2. The van der Waals surface area contributed by atoms with Crippen molar-refractivity contribution < 1.29 is 0 Å². The molecule has 0 aromatic heterocycles. The Morgan fingerprint density at radius 3 is 1.91 bits per heavy atom. The Balaban J connectivity index is 1.73. The van der Waals surface area contributed by atoms with Crippen molar-refractivity contribution in [2.75, 3.05) is 4.90 Å². The number of rotatable bonds is 4. The molecule has 0 radical (unpaired) electrons. The Hall–Kier alpha value is -2.22. The van der Waals surface area contributed by atoms with Crippen LogP contribution < -0.4 is 4.90 Å². The highest BCUT2D eigenvalue weighted by atomic mass is 15.4. The maximum Gasteiger partial charge on any atom is 0.133 e. The summed E-state index contributed by atoms with van der Waals surface area (Å²) in [6, 6.07) is 16.5. The van der Waals surface area contributed by atoms with Crippen LogP contribution in [-0.2, 0) is 0 Å². The van der Waals surface area contributed by atoms with Crippen molar-refractivity contribution in [3.8, 4) is 0 Å². The molecule has 1 unspecified atom stereocenters. The fraction of sp³-hybridized carbons (Fsp3) is 0.533. The molecule has 0 spiro atoms. The Morgan fingerprint density at radius 1 is 0.656 bits per heavy atom. The zero-order chi connectivity index (χ0) is 22.2. The predicted molar refractivity (Wildman–Crippen MR) is 136 cm³/mol. The number of allylic oxidation sites excluding steroid dienone is 2. The van der Waals surface area contributed by atoms with Gasteiger partial charge in [0.15, 0.2) is 0 Å². The maximum absolute atomic E-state index is 2.94. The molecular weight excluding hydrogens is 388 g/mol. The Kier molecular flexibility index (Phi) is 6.05. The van der Waals surface area contributed by atoms with E-state index in [0.29, 0.717) is 6.04 Å². The molecule has 0 bridgehead atoms. The van der Waals surface area contributed by atoms with E-state index >= 15 is 0 Å². The van der Waals surface area contributed by atoms with Crippen LogP contribution in [0.5, 0.6) is 0 Å². The second-order valence-corrected chi connectivity index (χ2v) is 10.5. The smallest absolute Gasteiger partial charge is 0.133 e. The van der Waals surface area contributed by atoms with Crippen molar-refractivity contribution in [1.29, 1.82) is 0 Å². The summed E-state index contributed by atoms with van der Waals surface area (Å²) in [5.41, 5.74) is 10.3. The Labute approximate surface area is 195 Å². The number of hydrogen-bond acceptors (Lipinski definition) is 2. The molecule has 3 aliphatic rings. The molecule has 2 saturated carbocycles. The summed E-state index contributed by atoms with van der Waals surface area (Å²) in [6.45, 7) is 9.34. The van der Waals surface area contributed by atoms with E-state index in [1.54, 1.807) is 5.70 Å². The molecule has 2 fully saturated rings. The van der Waals surface area contributed by atoms with E-state index in [-0.39, 0.29) is 6.17 Å². The van der Waals surface area contributed by atoms with Crippen LogP contribution in [0.4, 0.5) is 5.69 Å². The molecule has 2 aliphatic carbocycles. The van der Waals surface area contributed by atoms with E-state index < -0.39 is 0 Å². The second-order valence-electron chi connectivity index (χ2n) is 10.5. The van der Waals surface area contributed by atoms with Crippen molar-refractivity contribution >= 4 is 5.69 Å². The van der Waals surface area contributed by atoms with Crippen molar-refractivity contribution in [3.63, 3.8) is 0 Å². The zero-order valence-electron chi connectivity index (χ0n) is 20.5. The van der Waals surface area contributed by atoms with E-state index in [9.17, 15) is 0 Å². The van der Waals surface area contributed by atoms with Gasteiger partial charge in [0.25, 0.3) is 0 Å². The molecule has 2 aromatic carbocycles. The van der Waals surface area contributed by atoms with Crippen molar-refractivity contribution in [2.45, 2.75) is 97.7 Å². The number of aryl methyl sites for hydroxylation is 3. The lowest BCUT2D eigenvalue weighted by atomic mass is 9.90. The first kappa shape index (κ1) is 21.6. The fourth-order valence-electron chi connectivity index (χ4n) is 6.86. The van der Waals surface area contributed by atoms with Crippen LogP contribution >= 0.6 is 0 Å². The van der Waals surface area contributed by atoms with Gasteiger partial charge in [0, 0.05) is 34.6 Å². The molecule has 1 atom stereocenters. The molecule has 32 heavy (non-hydrogen) atoms. The van der Waals surface area contributed by atoms with Crippen molar-refractivity contribution in [2.24, 2.45) is 5.92 Å². The van der Waals surface area contributed by atoms with Crippen LogP contribution in [0.25, 0.3) is 0 Å². The van der Waals surface area contributed by atoms with Crippen LogP contribution in [-0.4, -0.2) is 10.9 Å². The molecular formula is C30H40N2. The lowest BCUT2D eigenvalue weighted by molar-refractivity contribution is 0.146. The molecule has 1 heterocycles. The van der Waals surface area contributed by atoms with E-state index in [2.05, 4.69) is 80.0 Å². The number of para-hydroxylation sites is 1. The quantitative estimate of drug-likeness (QED) is 0.484. The first-order valence-corrected chi connectivity index (χ1v) is 13.0. The van der Waals surface area contributed by atoms with Crippen LogP contribution in [0.15, 0.2) is 53.9 Å². The number of hydrogen-bond donors (Lipinski definition) is 0. The first-order chi connectivity index (χ1) is 15.6. The van der Waals surface area contributed by atoms with Gasteiger partial charge in [0.1, 0.15) is 6.17 Å². The second kappa shape index (κ2) is 8.96. The normalized spacial score (nSPS) is 22.9.